The smallest absolute Gasteiger partial charge is 0.266 e. The van der Waals surface area contributed by atoms with Gasteiger partial charge in [-0.25, -0.2) is 0 Å². The van der Waals surface area contributed by atoms with Gasteiger partial charge in [-0.3, -0.25) is 14.5 Å². The molecule has 0 saturated carbocycles. The summed E-state index contributed by atoms with van der Waals surface area (Å²) in [5, 5.41) is 1.99. The van der Waals surface area contributed by atoms with Crippen LogP contribution in [0.1, 0.15) is 30.6 Å². The van der Waals surface area contributed by atoms with Crippen LogP contribution in [0.25, 0.3) is 6.08 Å². The van der Waals surface area contributed by atoms with Crippen LogP contribution in [0.5, 0.6) is 0 Å². The normalized spacial score (nSPS) is 19.6. The zero-order valence-corrected chi connectivity index (χ0v) is 17.0. The third-order valence-corrected chi connectivity index (χ3v) is 6.52. The fraction of sp³-hybridized carbons (Fsp3) is 0.500. The van der Waals surface area contributed by atoms with E-state index in [2.05, 4.69) is 0 Å². The molecule has 2 amide bonds. The Labute approximate surface area is 167 Å². The van der Waals surface area contributed by atoms with Crippen LogP contribution >= 0.6 is 35.3 Å². The van der Waals surface area contributed by atoms with Gasteiger partial charge in [0.15, 0.2) is 0 Å². The maximum absolute atomic E-state index is 12.5. The summed E-state index contributed by atoms with van der Waals surface area (Å²) in [6.45, 7) is 3.30. The van der Waals surface area contributed by atoms with E-state index in [1.807, 2.05) is 28.5 Å². The maximum Gasteiger partial charge on any atom is 0.266 e. The van der Waals surface area contributed by atoms with E-state index in [1.54, 1.807) is 16.2 Å². The number of nitrogens with zero attached hydrogens (tertiary/aromatic N) is 2. The molecule has 2 aliphatic rings. The van der Waals surface area contributed by atoms with Gasteiger partial charge in [0.1, 0.15) is 4.32 Å². The molecule has 26 heavy (non-hydrogen) atoms. The molecule has 140 valence electrons. The van der Waals surface area contributed by atoms with Gasteiger partial charge < -0.3 is 9.64 Å². The highest BCUT2D eigenvalue weighted by Gasteiger charge is 2.31. The summed E-state index contributed by atoms with van der Waals surface area (Å²) < 4.78 is 5.89. The molecule has 3 rings (SSSR count). The summed E-state index contributed by atoms with van der Waals surface area (Å²) in [6.07, 6.45) is 5.09. The molecule has 1 aromatic rings. The van der Waals surface area contributed by atoms with Crippen molar-refractivity contribution in [3.63, 3.8) is 0 Å². The van der Waals surface area contributed by atoms with Crippen LogP contribution in [0.4, 0.5) is 0 Å². The quantitative estimate of drug-likeness (QED) is 0.392. The van der Waals surface area contributed by atoms with Crippen LogP contribution in [0.2, 0.25) is 0 Å². The van der Waals surface area contributed by atoms with Crippen molar-refractivity contribution < 1.29 is 14.3 Å². The third-order valence-electron chi connectivity index (χ3n) is 4.33. The number of morpholine rings is 1. The second kappa shape index (κ2) is 9.64. The number of carbonyl (C=O) groups excluding carboxylic acids is 2. The summed E-state index contributed by atoms with van der Waals surface area (Å²) in [4.78, 5) is 29.9. The molecule has 5 nitrogen and oxygen atoms in total. The molecule has 0 bridgehead atoms. The number of hydrogen-bond acceptors (Lipinski definition) is 6. The Hall–Kier alpha value is -1.22. The van der Waals surface area contributed by atoms with Gasteiger partial charge >= 0.3 is 0 Å². The summed E-state index contributed by atoms with van der Waals surface area (Å²) >= 11 is 8.33. The zero-order chi connectivity index (χ0) is 18.4. The number of thiophene rings is 1. The molecule has 2 saturated heterocycles. The topological polar surface area (TPSA) is 49.9 Å². The average molecular weight is 411 g/mol. The predicted octanol–water partition coefficient (Wildman–Crippen LogP) is 3.37. The van der Waals surface area contributed by atoms with E-state index in [4.69, 9.17) is 17.0 Å². The molecule has 0 aromatic carbocycles. The van der Waals surface area contributed by atoms with Gasteiger partial charge in [-0.15, -0.1) is 11.3 Å². The maximum atomic E-state index is 12.5. The van der Waals surface area contributed by atoms with Crippen molar-refractivity contribution in [2.45, 2.75) is 25.7 Å². The number of thiocarbonyl (C=S) groups is 1. The Morgan fingerprint density at radius 3 is 2.81 bits per heavy atom. The van der Waals surface area contributed by atoms with E-state index < -0.39 is 0 Å². The van der Waals surface area contributed by atoms with Crippen LogP contribution in [0.15, 0.2) is 22.4 Å². The first-order valence-electron chi connectivity index (χ1n) is 8.79. The first-order valence-corrected chi connectivity index (χ1v) is 10.9. The van der Waals surface area contributed by atoms with Crippen molar-refractivity contribution >= 4 is 57.5 Å². The van der Waals surface area contributed by atoms with Crippen LogP contribution in [-0.4, -0.2) is 58.8 Å². The SMILES string of the molecule is O=C(CCCCCN1C(=O)C(=Cc2cccs2)SC1=S)N1CCOCC1. The number of unbranched alkanes of at least 4 members (excludes halogenated alkanes) is 2. The first-order chi connectivity index (χ1) is 12.6. The Bertz CT molecular complexity index is 682. The van der Waals surface area contributed by atoms with Crippen LogP contribution in [0, 0.1) is 0 Å². The lowest BCUT2D eigenvalue weighted by atomic mass is 10.1. The minimum atomic E-state index is -0.00204. The van der Waals surface area contributed by atoms with E-state index in [0.717, 1.165) is 24.1 Å². The van der Waals surface area contributed by atoms with E-state index in [9.17, 15) is 9.59 Å². The summed E-state index contributed by atoms with van der Waals surface area (Å²) in [7, 11) is 0. The van der Waals surface area contributed by atoms with E-state index in [0.29, 0.717) is 48.5 Å². The van der Waals surface area contributed by atoms with Crippen molar-refractivity contribution in [2.75, 3.05) is 32.8 Å². The highest BCUT2D eigenvalue weighted by Crippen LogP contribution is 2.33. The minimum Gasteiger partial charge on any atom is -0.378 e. The molecule has 0 atom stereocenters. The second-order valence-corrected chi connectivity index (χ2v) is 8.81. The molecule has 3 heterocycles. The lowest BCUT2D eigenvalue weighted by molar-refractivity contribution is -0.135. The lowest BCUT2D eigenvalue weighted by Gasteiger charge is -2.26. The highest BCUT2D eigenvalue weighted by molar-refractivity contribution is 8.26. The van der Waals surface area contributed by atoms with Gasteiger partial charge in [-0.05, 0) is 30.4 Å². The average Bonchev–Trinajstić information content (AvgIpc) is 3.25. The molecule has 0 aliphatic carbocycles. The van der Waals surface area contributed by atoms with Crippen molar-refractivity contribution in [1.82, 2.24) is 9.80 Å². The fourth-order valence-electron chi connectivity index (χ4n) is 2.89. The number of thioether (sulfide) groups is 1. The molecule has 0 N–H and O–H groups in total. The first kappa shape index (κ1) is 19.5. The number of rotatable bonds is 7. The van der Waals surface area contributed by atoms with Gasteiger partial charge in [-0.1, -0.05) is 36.5 Å². The van der Waals surface area contributed by atoms with Gasteiger partial charge in [0.05, 0.1) is 18.1 Å². The Balaban J connectivity index is 1.38. The number of amides is 2. The monoisotopic (exact) mass is 410 g/mol. The molecule has 2 fully saturated rings. The zero-order valence-electron chi connectivity index (χ0n) is 14.5. The summed E-state index contributed by atoms with van der Waals surface area (Å²) in [6, 6.07) is 3.96. The predicted molar refractivity (Wildman–Crippen MR) is 110 cm³/mol. The number of hydrogen-bond donors (Lipinski definition) is 0. The standard InChI is InChI=1S/C18H22N2O3S3/c21-16(19-8-10-23-11-9-19)6-2-1-3-7-20-17(22)15(26-18(20)24)13-14-5-4-12-25-14/h4-5,12-13H,1-3,6-11H2. The lowest BCUT2D eigenvalue weighted by Crippen LogP contribution is -2.40. The van der Waals surface area contributed by atoms with Gasteiger partial charge in [-0.2, -0.15) is 0 Å². The van der Waals surface area contributed by atoms with Crippen LogP contribution in [-0.2, 0) is 14.3 Å². The Morgan fingerprint density at radius 2 is 2.08 bits per heavy atom. The second-order valence-electron chi connectivity index (χ2n) is 6.15. The van der Waals surface area contributed by atoms with Crippen molar-refractivity contribution in [2.24, 2.45) is 0 Å². The van der Waals surface area contributed by atoms with Gasteiger partial charge in [0.2, 0.25) is 5.91 Å². The molecule has 0 unspecified atom stereocenters. The Morgan fingerprint density at radius 1 is 1.27 bits per heavy atom. The van der Waals surface area contributed by atoms with Crippen LogP contribution in [0.3, 0.4) is 0 Å². The summed E-state index contributed by atoms with van der Waals surface area (Å²) in [5.74, 6) is 0.204. The van der Waals surface area contributed by atoms with Crippen molar-refractivity contribution in [3.8, 4) is 0 Å². The van der Waals surface area contributed by atoms with Crippen molar-refractivity contribution in [1.29, 1.82) is 0 Å². The molecular formula is C18H22N2O3S3. The third kappa shape index (κ3) is 5.16. The summed E-state index contributed by atoms with van der Waals surface area (Å²) in [5.41, 5.74) is 0. The molecule has 0 radical (unpaired) electrons. The fourth-order valence-corrected chi connectivity index (χ4v) is 4.92. The van der Waals surface area contributed by atoms with Gasteiger partial charge in [0, 0.05) is 30.9 Å². The molecule has 8 heteroatoms. The highest BCUT2D eigenvalue weighted by atomic mass is 32.2. The molecule has 0 spiro atoms. The Kier molecular flexibility index (Phi) is 7.24. The minimum absolute atomic E-state index is 0.00204. The van der Waals surface area contributed by atoms with E-state index >= 15 is 0 Å². The molecule has 1 aromatic heterocycles. The molecular weight excluding hydrogens is 388 g/mol. The molecule has 2 aliphatic heterocycles. The van der Waals surface area contributed by atoms with E-state index in [1.165, 1.54) is 11.8 Å². The number of ether oxygens (including phenoxy) is 1. The van der Waals surface area contributed by atoms with Crippen LogP contribution < -0.4 is 0 Å². The van der Waals surface area contributed by atoms with Gasteiger partial charge in [0.25, 0.3) is 5.91 Å². The van der Waals surface area contributed by atoms with E-state index in [-0.39, 0.29) is 11.8 Å². The number of carbonyl (C=O) groups is 2. The van der Waals surface area contributed by atoms with Crippen molar-refractivity contribution in [3.05, 3.63) is 27.3 Å². The largest absolute Gasteiger partial charge is 0.378 e.